The lowest BCUT2D eigenvalue weighted by atomic mass is 9.95. The third-order valence-electron chi connectivity index (χ3n) is 14.7. The normalized spacial score (nSPS) is 26.3. The number of hydrogen-bond acceptors (Lipinski definition) is 15. The van der Waals surface area contributed by atoms with E-state index >= 15 is 0 Å². The van der Waals surface area contributed by atoms with Gasteiger partial charge in [0.2, 0.25) is 11.8 Å². The number of carbonyl (C=O) groups excluding carboxylic acids is 2. The molecule has 0 aromatic rings. The summed E-state index contributed by atoms with van der Waals surface area (Å²) in [5, 5.41) is 102. The molecular formula is C55H106N2O15. The first-order chi connectivity index (χ1) is 34.8. The van der Waals surface area contributed by atoms with E-state index in [2.05, 4.69) is 24.5 Å². The molecule has 11 N–H and O–H groups in total. The molecule has 0 aliphatic carbocycles. The van der Waals surface area contributed by atoms with Crippen LogP contribution in [0.25, 0.3) is 0 Å². The second kappa shape index (κ2) is 41.6. The fraction of sp³-hybridized carbons (Fsp3) is 0.964. The molecule has 2 aliphatic heterocycles. The quantitative estimate of drug-likeness (QED) is 0.0301. The number of rotatable bonds is 45. The van der Waals surface area contributed by atoms with Crippen molar-refractivity contribution in [1.82, 2.24) is 10.6 Å². The molecule has 0 spiro atoms. The first kappa shape index (κ1) is 66.5. The zero-order chi connectivity index (χ0) is 52.9. The first-order valence-electron chi connectivity index (χ1n) is 28.9. The molecule has 2 rings (SSSR count). The SMILES string of the molecule is CCCCCCCCCCCCCCCCCCCCC(O)C(=O)NC(COC1OC(CO)C(O)C(OC2OC(CO)C(O)C(O)C2NC(C)=O)C1O)C(O)C(O)CCCCCCCCCCCCCCC. The molecule has 17 nitrogen and oxygen atoms in total. The van der Waals surface area contributed by atoms with Crippen LogP contribution in [-0.4, -0.2) is 163 Å². The van der Waals surface area contributed by atoms with Gasteiger partial charge < -0.3 is 75.5 Å². The van der Waals surface area contributed by atoms with Crippen LogP contribution in [-0.2, 0) is 28.5 Å². The highest BCUT2D eigenvalue weighted by Gasteiger charge is 2.51. The van der Waals surface area contributed by atoms with Gasteiger partial charge in [0.25, 0.3) is 0 Å². The van der Waals surface area contributed by atoms with Crippen LogP contribution in [0.1, 0.15) is 233 Å². The molecule has 0 saturated carbocycles. The van der Waals surface area contributed by atoms with Crippen molar-refractivity contribution in [3.05, 3.63) is 0 Å². The van der Waals surface area contributed by atoms with E-state index in [-0.39, 0.29) is 12.8 Å². The molecule has 2 aliphatic rings. The van der Waals surface area contributed by atoms with Crippen LogP contribution in [0.2, 0.25) is 0 Å². The third-order valence-corrected chi connectivity index (χ3v) is 14.7. The molecule has 2 fully saturated rings. The molecule has 2 saturated heterocycles. The van der Waals surface area contributed by atoms with Gasteiger partial charge in [-0.05, 0) is 12.8 Å². The van der Waals surface area contributed by atoms with Crippen LogP contribution in [0.15, 0.2) is 0 Å². The van der Waals surface area contributed by atoms with Crippen LogP contribution in [0.5, 0.6) is 0 Å². The van der Waals surface area contributed by atoms with Gasteiger partial charge >= 0.3 is 0 Å². The minimum absolute atomic E-state index is 0.195. The van der Waals surface area contributed by atoms with Crippen molar-refractivity contribution in [3.63, 3.8) is 0 Å². The summed E-state index contributed by atoms with van der Waals surface area (Å²) in [7, 11) is 0. The van der Waals surface area contributed by atoms with Crippen LogP contribution in [0, 0.1) is 0 Å². The second-order valence-corrected chi connectivity index (χ2v) is 21.1. The Morgan fingerprint density at radius 1 is 0.514 bits per heavy atom. The molecule has 72 heavy (non-hydrogen) atoms. The fourth-order valence-corrected chi connectivity index (χ4v) is 9.98. The van der Waals surface area contributed by atoms with E-state index in [4.69, 9.17) is 18.9 Å². The Kier molecular flexibility index (Phi) is 38.4. The molecule has 0 aromatic carbocycles. The molecule has 14 unspecified atom stereocenters. The number of hydrogen-bond donors (Lipinski definition) is 11. The summed E-state index contributed by atoms with van der Waals surface area (Å²) in [5.74, 6) is -1.40. The van der Waals surface area contributed by atoms with Gasteiger partial charge in [0.05, 0.1) is 32.0 Å². The highest BCUT2D eigenvalue weighted by molar-refractivity contribution is 5.80. The van der Waals surface area contributed by atoms with Gasteiger partial charge in [-0.2, -0.15) is 0 Å². The van der Waals surface area contributed by atoms with E-state index < -0.39 is 117 Å². The van der Waals surface area contributed by atoms with Gasteiger partial charge in [-0.3, -0.25) is 9.59 Å². The smallest absolute Gasteiger partial charge is 0.249 e. The number of unbranched alkanes of at least 4 members (excludes halogenated alkanes) is 29. The van der Waals surface area contributed by atoms with Crippen molar-refractivity contribution in [2.45, 2.75) is 318 Å². The Morgan fingerprint density at radius 3 is 1.32 bits per heavy atom. The van der Waals surface area contributed by atoms with E-state index in [0.29, 0.717) is 12.8 Å². The van der Waals surface area contributed by atoms with Gasteiger partial charge in [0, 0.05) is 6.92 Å². The zero-order valence-corrected chi connectivity index (χ0v) is 45.0. The van der Waals surface area contributed by atoms with Crippen LogP contribution in [0.4, 0.5) is 0 Å². The van der Waals surface area contributed by atoms with Crippen molar-refractivity contribution in [2.24, 2.45) is 0 Å². The molecular weight excluding hydrogens is 929 g/mol. The van der Waals surface area contributed by atoms with E-state index in [1.807, 2.05) is 0 Å². The van der Waals surface area contributed by atoms with Gasteiger partial charge in [0.15, 0.2) is 12.6 Å². The van der Waals surface area contributed by atoms with Crippen LogP contribution < -0.4 is 10.6 Å². The van der Waals surface area contributed by atoms with Gasteiger partial charge in [0.1, 0.15) is 61.0 Å². The van der Waals surface area contributed by atoms with Crippen LogP contribution >= 0.6 is 0 Å². The molecule has 0 bridgehead atoms. The average molecular weight is 1040 g/mol. The summed E-state index contributed by atoms with van der Waals surface area (Å²) < 4.78 is 23.2. The number of aliphatic hydroxyl groups excluding tert-OH is 9. The molecule has 0 aromatic heterocycles. The average Bonchev–Trinajstić information content (AvgIpc) is 3.36. The van der Waals surface area contributed by atoms with Crippen molar-refractivity contribution in [2.75, 3.05) is 19.8 Å². The number of amides is 2. The summed E-state index contributed by atoms with van der Waals surface area (Å²) >= 11 is 0. The van der Waals surface area contributed by atoms with E-state index in [1.54, 1.807) is 0 Å². The Morgan fingerprint density at radius 2 is 0.903 bits per heavy atom. The Bertz CT molecular complexity index is 1320. The standard InChI is InChI=1S/C55H106N2O15/c1-4-6-8-10-12-14-16-18-19-20-21-22-24-26-28-30-32-34-36-43(62)53(68)57-41(47(63)42(61)35-33-31-29-27-25-23-17-15-13-11-9-7-5-2)39-69-55-51(67)52(49(65)45(38-59)71-55)72-54-46(56-40(3)60)50(66)48(64)44(37-58)70-54/h41-52,54-55,58-59,61-67H,4-39H2,1-3H3,(H,56,60)(H,57,68). The Labute approximate surface area is 433 Å². The van der Waals surface area contributed by atoms with Crippen molar-refractivity contribution < 1.29 is 74.5 Å². The fourth-order valence-electron chi connectivity index (χ4n) is 9.98. The highest BCUT2D eigenvalue weighted by atomic mass is 16.7. The lowest BCUT2D eigenvalue weighted by molar-refractivity contribution is -0.348. The zero-order valence-electron chi connectivity index (χ0n) is 45.0. The number of carbonyl (C=O) groups is 2. The topological polar surface area (TPSA) is 277 Å². The maximum atomic E-state index is 13.4. The predicted octanol–water partition coefficient (Wildman–Crippen LogP) is 6.25. The van der Waals surface area contributed by atoms with E-state index in [0.717, 1.165) is 58.3 Å². The summed E-state index contributed by atoms with van der Waals surface area (Å²) in [4.78, 5) is 25.5. The monoisotopic (exact) mass is 1030 g/mol. The van der Waals surface area contributed by atoms with E-state index in [9.17, 15) is 55.5 Å². The molecule has 14 atom stereocenters. The van der Waals surface area contributed by atoms with E-state index in [1.165, 1.54) is 135 Å². The summed E-state index contributed by atoms with van der Waals surface area (Å²) in [6.45, 7) is 3.56. The van der Waals surface area contributed by atoms with Crippen LogP contribution in [0.3, 0.4) is 0 Å². The summed E-state index contributed by atoms with van der Waals surface area (Å²) in [5.41, 5.74) is 0. The number of ether oxygens (including phenoxy) is 4. The highest BCUT2D eigenvalue weighted by Crippen LogP contribution is 2.30. The van der Waals surface area contributed by atoms with Crippen molar-refractivity contribution in [3.8, 4) is 0 Å². The number of aliphatic hydroxyl groups is 9. The summed E-state index contributed by atoms with van der Waals surface area (Å²) in [6.07, 6.45) is 18.4. The largest absolute Gasteiger partial charge is 0.394 e. The maximum Gasteiger partial charge on any atom is 0.249 e. The maximum absolute atomic E-state index is 13.4. The van der Waals surface area contributed by atoms with Gasteiger partial charge in [-0.15, -0.1) is 0 Å². The predicted molar refractivity (Wildman–Crippen MR) is 278 cm³/mol. The Balaban J connectivity index is 1.95. The third kappa shape index (κ3) is 27.5. The lowest BCUT2D eigenvalue weighted by Crippen LogP contribution is -2.68. The summed E-state index contributed by atoms with van der Waals surface area (Å²) in [6, 6.07) is -2.72. The molecule has 2 amide bonds. The first-order valence-corrected chi connectivity index (χ1v) is 28.9. The minimum atomic E-state index is -1.85. The molecule has 426 valence electrons. The molecule has 17 heteroatoms. The molecule has 2 heterocycles. The Hall–Kier alpha value is -1.58. The van der Waals surface area contributed by atoms with Crippen molar-refractivity contribution in [1.29, 1.82) is 0 Å². The van der Waals surface area contributed by atoms with Crippen molar-refractivity contribution >= 4 is 11.8 Å². The minimum Gasteiger partial charge on any atom is -0.394 e. The lowest BCUT2D eigenvalue weighted by Gasteiger charge is -2.47. The van der Waals surface area contributed by atoms with Gasteiger partial charge in [-0.1, -0.05) is 213 Å². The number of nitrogens with one attached hydrogen (secondary N) is 2. The van der Waals surface area contributed by atoms with Gasteiger partial charge in [-0.25, -0.2) is 0 Å². The second-order valence-electron chi connectivity index (χ2n) is 21.1. The molecule has 0 radical (unpaired) electrons.